The number of aromatic nitrogens is 1. The summed E-state index contributed by atoms with van der Waals surface area (Å²) in [5, 5.41) is 3.58. The van der Waals surface area contributed by atoms with Gasteiger partial charge >= 0.3 is 0 Å². The largest absolute Gasteiger partial charge is 0.361 e. The van der Waals surface area contributed by atoms with E-state index in [0.717, 1.165) is 6.54 Å². The van der Waals surface area contributed by atoms with Gasteiger partial charge in [-0.2, -0.15) is 0 Å². The van der Waals surface area contributed by atoms with Crippen molar-refractivity contribution in [2.75, 3.05) is 25.9 Å². The van der Waals surface area contributed by atoms with Crippen LogP contribution < -0.4 is 0 Å². The first-order valence-corrected chi connectivity index (χ1v) is 11.5. The third-order valence-corrected chi connectivity index (χ3v) is 6.95. The molecule has 1 N–H and O–H groups in total. The Hall–Kier alpha value is -1.49. The van der Waals surface area contributed by atoms with E-state index in [-0.39, 0.29) is 0 Å². The Labute approximate surface area is 164 Å². The van der Waals surface area contributed by atoms with E-state index >= 15 is 0 Å². The highest BCUT2D eigenvalue weighted by Gasteiger charge is 2.13. The molecule has 0 bridgehead atoms. The Morgan fingerprint density at radius 3 is 2.96 bits per heavy atom. The molecule has 0 unspecified atom stereocenters. The molecule has 0 radical (unpaired) electrons. The molecule has 26 heavy (non-hydrogen) atoms. The minimum absolute atomic E-state index is 1.11. The number of nitrogens with zero attached hydrogens (tertiary/aromatic N) is 1. The monoisotopic (exact) mass is 382 g/mol. The minimum atomic E-state index is 1.11. The smallest absolute Gasteiger partial charge is 0.0457 e. The molecule has 0 amide bonds. The van der Waals surface area contributed by atoms with Gasteiger partial charge in [0.1, 0.15) is 0 Å². The summed E-state index contributed by atoms with van der Waals surface area (Å²) in [6.07, 6.45) is 11.7. The van der Waals surface area contributed by atoms with E-state index in [4.69, 9.17) is 0 Å². The molecule has 1 aliphatic heterocycles. The summed E-state index contributed by atoms with van der Waals surface area (Å²) in [5.41, 5.74) is 4.27. The summed E-state index contributed by atoms with van der Waals surface area (Å²) in [7, 11) is 0. The van der Waals surface area contributed by atoms with E-state index in [9.17, 15) is 0 Å². The Balaban J connectivity index is 1.26. The molecular formula is C22H26N2S2. The number of unbranched alkanes of at least 4 members (excludes halogenated alkanes) is 1. The van der Waals surface area contributed by atoms with Gasteiger partial charge in [0.15, 0.2) is 0 Å². The normalized spacial score (nSPS) is 15.5. The number of H-pyrrole nitrogens is 1. The van der Waals surface area contributed by atoms with E-state index in [1.807, 2.05) is 23.1 Å². The molecule has 0 saturated carbocycles. The third kappa shape index (κ3) is 4.08. The van der Waals surface area contributed by atoms with Gasteiger partial charge in [0.2, 0.25) is 0 Å². The zero-order valence-corrected chi connectivity index (χ0v) is 17.0. The zero-order chi connectivity index (χ0) is 17.8. The van der Waals surface area contributed by atoms with Gasteiger partial charge in [-0.15, -0.1) is 23.1 Å². The standard InChI is InChI=1S/C22H26N2S2/c1-25-19-7-8-21-20(15-19)18(16-23-21)5-2-3-11-24-12-9-17(10-13-24)22-6-4-14-26-22/h4,6-9,14-16,23H,2-3,5,10-13H2,1H3. The number of hydrogen-bond acceptors (Lipinski definition) is 3. The van der Waals surface area contributed by atoms with Crippen LogP contribution in [0.25, 0.3) is 16.5 Å². The van der Waals surface area contributed by atoms with Gasteiger partial charge in [0.05, 0.1) is 0 Å². The second-order valence-electron chi connectivity index (χ2n) is 6.94. The van der Waals surface area contributed by atoms with Crippen molar-refractivity contribution in [1.82, 2.24) is 9.88 Å². The van der Waals surface area contributed by atoms with Crippen molar-refractivity contribution in [1.29, 1.82) is 0 Å². The van der Waals surface area contributed by atoms with Gasteiger partial charge in [-0.1, -0.05) is 12.1 Å². The number of nitrogens with one attached hydrogen (secondary N) is 1. The molecule has 1 aliphatic rings. The molecule has 2 aromatic heterocycles. The lowest BCUT2D eigenvalue weighted by molar-refractivity contribution is 0.295. The predicted molar refractivity (Wildman–Crippen MR) is 116 cm³/mol. The van der Waals surface area contributed by atoms with E-state index < -0.39 is 0 Å². The quantitative estimate of drug-likeness (QED) is 0.395. The Morgan fingerprint density at radius 1 is 1.23 bits per heavy atom. The van der Waals surface area contributed by atoms with Crippen molar-refractivity contribution in [2.24, 2.45) is 0 Å². The number of hydrogen-bond donors (Lipinski definition) is 1. The highest BCUT2D eigenvalue weighted by molar-refractivity contribution is 7.98. The van der Waals surface area contributed by atoms with Crippen LogP contribution in [-0.2, 0) is 6.42 Å². The van der Waals surface area contributed by atoms with Crippen LogP contribution in [0.5, 0.6) is 0 Å². The molecule has 0 spiro atoms. The van der Waals surface area contributed by atoms with Gasteiger partial charge in [-0.25, -0.2) is 0 Å². The summed E-state index contributed by atoms with van der Waals surface area (Å²) < 4.78 is 0. The maximum absolute atomic E-state index is 3.42. The lowest BCUT2D eigenvalue weighted by atomic mass is 10.0. The molecule has 4 rings (SSSR count). The summed E-state index contributed by atoms with van der Waals surface area (Å²) in [6.45, 7) is 3.53. The second-order valence-corrected chi connectivity index (χ2v) is 8.77. The Kier molecular flexibility index (Phi) is 5.83. The van der Waals surface area contributed by atoms with Crippen molar-refractivity contribution >= 4 is 39.6 Å². The van der Waals surface area contributed by atoms with Crippen molar-refractivity contribution in [2.45, 2.75) is 30.6 Å². The van der Waals surface area contributed by atoms with Crippen LogP contribution >= 0.6 is 23.1 Å². The first kappa shape index (κ1) is 17.9. The topological polar surface area (TPSA) is 19.0 Å². The van der Waals surface area contributed by atoms with Crippen molar-refractivity contribution < 1.29 is 0 Å². The van der Waals surface area contributed by atoms with Gasteiger partial charge in [-0.3, -0.25) is 4.90 Å². The van der Waals surface area contributed by atoms with Crippen LogP contribution in [0.2, 0.25) is 0 Å². The number of benzene rings is 1. The third-order valence-electron chi connectivity index (χ3n) is 5.28. The molecule has 136 valence electrons. The highest BCUT2D eigenvalue weighted by atomic mass is 32.2. The van der Waals surface area contributed by atoms with Crippen LogP contribution in [0.4, 0.5) is 0 Å². The predicted octanol–water partition coefficient (Wildman–Crippen LogP) is 6.06. The van der Waals surface area contributed by atoms with E-state index in [1.54, 1.807) is 5.57 Å². The first-order valence-electron chi connectivity index (χ1n) is 9.43. The average molecular weight is 383 g/mol. The number of aryl methyl sites for hydroxylation is 1. The maximum Gasteiger partial charge on any atom is 0.0457 e. The van der Waals surface area contributed by atoms with E-state index in [0.29, 0.717) is 0 Å². The molecule has 0 aliphatic carbocycles. The van der Waals surface area contributed by atoms with Crippen LogP contribution in [0.3, 0.4) is 0 Å². The van der Waals surface area contributed by atoms with E-state index in [1.165, 1.54) is 65.0 Å². The van der Waals surface area contributed by atoms with Crippen LogP contribution in [-0.4, -0.2) is 35.8 Å². The van der Waals surface area contributed by atoms with Crippen LogP contribution in [0, 0.1) is 0 Å². The number of thioether (sulfide) groups is 1. The van der Waals surface area contributed by atoms with Gasteiger partial charge in [-0.05, 0) is 79.3 Å². The number of aromatic amines is 1. The molecule has 0 saturated heterocycles. The summed E-state index contributed by atoms with van der Waals surface area (Å²) in [5.74, 6) is 0. The molecule has 1 aromatic carbocycles. The molecule has 4 heteroatoms. The Bertz CT molecular complexity index is 877. The summed E-state index contributed by atoms with van der Waals surface area (Å²) in [4.78, 5) is 8.82. The molecule has 0 atom stereocenters. The number of rotatable bonds is 7. The molecular weight excluding hydrogens is 356 g/mol. The maximum atomic E-state index is 3.42. The van der Waals surface area contributed by atoms with Crippen LogP contribution in [0.15, 0.2) is 52.9 Å². The van der Waals surface area contributed by atoms with Gasteiger partial charge < -0.3 is 4.98 Å². The fraction of sp³-hybridized carbons (Fsp3) is 0.364. The number of thiophene rings is 1. The lowest BCUT2D eigenvalue weighted by Gasteiger charge is -2.25. The molecule has 3 aromatic rings. The fourth-order valence-corrected chi connectivity index (χ4v) is 4.98. The molecule has 2 nitrogen and oxygen atoms in total. The first-order chi connectivity index (χ1) is 12.8. The van der Waals surface area contributed by atoms with Crippen molar-refractivity contribution in [3.05, 3.63) is 58.4 Å². The zero-order valence-electron chi connectivity index (χ0n) is 15.3. The van der Waals surface area contributed by atoms with Crippen molar-refractivity contribution in [3.63, 3.8) is 0 Å². The molecule has 0 fully saturated rings. The fourth-order valence-electron chi connectivity index (χ4n) is 3.74. The molecule has 3 heterocycles. The van der Waals surface area contributed by atoms with Crippen molar-refractivity contribution in [3.8, 4) is 0 Å². The van der Waals surface area contributed by atoms with Gasteiger partial charge in [0, 0.05) is 40.0 Å². The number of fused-ring (bicyclic) bond motifs is 1. The average Bonchev–Trinajstić information content (AvgIpc) is 3.35. The summed E-state index contributed by atoms with van der Waals surface area (Å²) in [6, 6.07) is 11.1. The second kappa shape index (κ2) is 8.47. The minimum Gasteiger partial charge on any atom is -0.361 e. The lowest BCUT2D eigenvalue weighted by Crippen LogP contribution is -2.29. The summed E-state index contributed by atoms with van der Waals surface area (Å²) >= 11 is 3.68. The SMILES string of the molecule is CSc1ccc2[nH]cc(CCCCN3CC=C(c4cccs4)CC3)c2c1. The highest BCUT2D eigenvalue weighted by Crippen LogP contribution is 2.27. The Morgan fingerprint density at radius 2 is 2.19 bits per heavy atom. The van der Waals surface area contributed by atoms with Crippen LogP contribution in [0.1, 0.15) is 29.7 Å². The van der Waals surface area contributed by atoms with Gasteiger partial charge in [0.25, 0.3) is 0 Å². The van der Waals surface area contributed by atoms with E-state index in [2.05, 4.69) is 64.1 Å².